The van der Waals surface area contributed by atoms with Crippen molar-refractivity contribution < 1.29 is 14.7 Å². The summed E-state index contributed by atoms with van der Waals surface area (Å²) in [6, 6.07) is -0.728. The molecule has 0 unspecified atom stereocenters. The van der Waals surface area contributed by atoms with Gasteiger partial charge in [0.2, 0.25) is 5.91 Å². The fraction of sp³-hybridized carbons (Fsp3) is 0.846. The van der Waals surface area contributed by atoms with Crippen LogP contribution in [0.1, 0.15) is 44.9 Å². The Hall–Kier alpha value is -0.710. The van der Waals surface area contributed by atoms with Crippen molar-refractivity contribution in [3.8, 4) is 0 Å². The third kappa shape index (κ3) is 5.76. The van der Waals surface area contributed by atoms with Crippen LogP contribution >= 0.6 is 11.8 Å². The number of carboxylic acid groups (broad SMARTS) is 1. The first-order valence-electron chi connectivity index (χ1n) is 6.64. The first-order chi connectivity index (χ1) is 8.63. The topological polar surface area (TPSA) is 66.4 Å². The van der Waals surface area contributed by atoms with E-state index in [0.717, 1.165) is 12.2 Å². The molecule has 0 heterocycles. The van der Waals surface area contributed by atoms with E-state index >= 15 is 0 Å². The van der Waals surface area contributed by atoms with Crippen molar-refractivity contribution in [3.63, 3.8) is 0 Å². The first kappa shape index (κ1) is 15.3. The molecule has 0 radical (unpaired) electrons. The zero-order valence-corrected chi connectivity index (χ0v) is 11.8. The Morgan fingerprint density at radius 1 is 1.39 bits per heavy atom. The van der Waals surface area contributed by atoms with Crippen LogP contribution in [0.15, 0.2) is 0 Å². The maximum atomic E-state index is 11.7. The molecule has 18 heavy (non-hydrogen) atoms. The van der Waals surface area contributed by atoms with Crippen molar-refractivity contribution >= 4 is 23.6 Å². The summed E-state index contributed by atoms with van der Waals surface area (Å²) in [7, 11) is 0. The molecule has 0 saturated heterocycles. The second-order valence-corrected chi connectivity index (χ2v) is 5.91. The Balaban J connectivity index is 2.24. The van der Waals surface area contributed by atoms with Crippen LogP contribution in [0.25, 0.3) is 0 Å². The van der Waals surface area contributed by atoms with E-state index in [9.17, 15) is 9.59 Å². The van der Waals surface area contributed by atoms with E-state index in [2.05, 4.69) is 5.32 Å². The van der Waals surface area contributed by atoms with E-state index < -0.39 is 12.0 Å². The number of hydrogen-bond donors (Lipinski definition) is 2. The molecule has 1 aliphatic carbocycles. The van der Waals surface area contributed by atoms with Crippen molar-refractivity contribution in [3.05, 3.63) is 0 Å². The summed E-state index contributed by atoms with van der Waals surface area (Å²) in [5.41, 5.74) is 0. The van der Waals surface area contributed by atoms with E-state index in [1.54, 1.807) is 11.8 Å². The molecule has 104 valence electrons. The van der Waals surface area contributed by atoms with Crippen molar-refractivity contribution in [1.29, 1.82) is 0 Å². The lowest BCUT2D eigenvalue weighted by Crippen LogP contribution is -2.41. The number of rotatable bonds is 8. The second kappa shape index (κ2) is 8.40. The van der Waals surface area contributed by atoms with Gasteiger partial charge in [0.25, 0.3) is 0 Å². The number of carboxylic acids is 1. The molecule has 0 bridgehead atoms. The number of hydrogen-bond acceptors (Lipinski definition) is 3. The Labute approximate surface area is 113 Å². The number of thioether (sulfide) groups is 1. The molecule has 0 spiro atoms. The Bertz CT molecular complexity index is 277. The van der Waals surface area contributed by atoms with Gasteiger partial charge in [-0.15, -0.1) is 0 Å². The van der Waals surface area contributed by atoms with Gasteiger partial charge in [-0.25, -0.2) is 4.79 Å². The number of amides is 1. The molecule has 1 atom stereocenters. The maximum absolute atomic E-state index is 11.7. The van der Waals surface area contributed by atoms with Crippen LogP contribution in [0.3, 0.4) is 0 Å². The van der Waals surface area contributed by atoms with Crippen molar-refractivity contribution in [2.45, 2.75) is 51.0 Å². The monoisotopic (exact) mass is 273 g/mol. The van der Waals surface area contributed by atoms with Crippen molar-refractivity contribution in [2.75, 3.05) is 12.0 Å². The normalized spacial score (nSPS) is 17.6. The molecule has 1 amide bonds. The molecular formula is C13H23NO3S. The molecule has 0 aromatic carbocycles. The molecule has 1 saturated carbocycles. The van der Waals surface area contributed by atoms with Crippen LogP contribution in [0.5, 0.6) is 0 Å². The van der Waals surface area contributed by atoms with Crippen LogP contribution in [0.4, 0.5) is 0 Å². The molecule has 0 aliphatic heterocycles. The lowest BCUT2D eigenvalue weighted by molar-refractivity contribution is -0.141. The van der Waals surface area contributed by atoms with Crippen LogP contribution in [0, 0.1) is 5.92 Å². The zero-order chi connectivity index (χ0) is 13.4. The van der Waals surface area contributed by atoms with Gasteiger partial charge in [-0.1, -0.05) is 25.7 Å². The molecule has 1 fully saturated rings. The van der Waals surface area contributed by atoms with Crippen LogP contribution in [-0.2, 0) is 9.59 Å². The highest BCUT2D eigenvalue weighted by atomic mass is 32.2. The van der Waals surface area contributed by atoms with Crippen LogP contribution in [0.2, 0.25) is 0 Å². The van der Waals surface area contributed by atoms with Gasteiger partial charge in [-0.3, -0.25) is 4.79 Å². The summed E-state index contributed by atoms with van der Waals surface area (Å²) in [4.78, 5) is 22.7. The smallest absolute Gasteiger partial charge is 0.326 e. The average Bonchev–Trinajstić information content (AvgIpc) is 2.84. The molecule has 4 nitrogen and oxygen atoms in total. The Morgan fingerprint density at radius 3 is 2.61 bits per heavy atom. The fourth-order valence-electron chi connectivity index (χ4n) is 2.39. The zero-order valence-electron chi connectivity index (χ0n) is 11.0. The predicted molar refractivity (Wildman–Crippen MR) is 73.8 cm³/mol. The lowest BCUT2D eigenvalue weighted by Gasteiger charge is -2.15. The fourth-order valence-corrected chi connectivity index (χ4v) is 2.87. The number of nitrogens with one attached hydrogen (secondary N) is 1. The lowest BCUT2D eigenvalue weighted by atomic mass is 10.0. The average molecular weight is 273 g/mol. The summed E-state index contributed by atoms with van der Waals surface area (Å²) in [6.45, 7) is 0. The van der Waals surface area contributed by atoms with Gasteiger partial charge in [0.15, 0.2) is 0 Å². The van der Waals surface area contributed by atoms with E-state index in [4.69, 9.17) is 5.11 Å². The molecule has 2 N–H and O–H groups in total. The minimum atomic E-state index is -0.932. The molecule has 1 rings (SSSR count). The number of carbonyl (C=O) groups is 2. The van der Waals surface area contributed by atoms with Gasteiger partial charge in [0.05, 0.1) is 0 Å². The first-order valence-corrected chi connectivity index (χ1v) is 8.04. The summed E-state index contributed by atoms with van der Waals surface area (Å²) in [5.74, 6) is 0.374. The molecule has 5 heteroatoms. The molecule has 0 aromatic heterocycles. The molecule has 1 aliphatic rings. The number of aliphatic carboxylic acids is 1. The maximum Gasteiger partial charge on any atom is 0.326 e. The summed E-state index contributed by atoms with van der Waals surface area (Å²) >= 11 is 1.59. The summed E-state index contributed by atoms with van der Waals surface area (Å²) in [6.07, 6.45) is 8.79. The Kier molecular flexibility index (Phi) is 7.16. The van der Waals surface area contributed by atoms with Gasteiger partial charge in [-0.2, -0.15) is 11.8 Å². The largest absolute Gasteiger partial charge is 0.480 e. The minimum absolute atomic E-state index is 0.115. The van der Waals surface area contributed by atoms with E-state index in [1.165, 1.54) is 25.7 Å². The quantitative estimate of drug-likeness (QED) is 0.712. The third-order valence-corrected chi connectivity index (χ3v) is 4.14. The van der Waals surface area contributed by atoms with Crippen LogP contribution < -0.4 is 5.32 Å². The van der Waals surface area contributed by atoms with Gasteiger partial charge >= 0.3 is 5.97 Å². The molecular weight excluding hydrogens is 250 g/mol. The predicted octanol–water partition coefficient (Wildman–Crippen LogP) is 2.28. The van der Waals surface area contributed by atoms with Gasteiger partial charge in [-0.05, 0) is 30.8 Å². The van der Waals surface area contributed by atoms with Gasteiger partial charge in [0, 0.05) is 6.42 Å². The summed E-state index contributed by atoms with van der Waals surface area (Å²) in [5, 5.41) is 11.6. The second-order valence-electron chi connectivity index (χ2n) is 4.93. The van der Waals surface area contributed by atoms with E-state index in [1.807, 2.05) is 6.26 Å². The van der Waals surface area contributed by atoms with Crippen LogP contribution in [-0.4, -0.2) is 35.0 Å². The van der Waals surface area contributed by atoms with Crippen molar-refractivity contribution in [1.82, 2.24) is 5.32 Å². The highest BCUT2D eigenvalue weighted by molar-refractivity contribution is 7.98. The van der Waals surface area contributed by atoms with Gasteiger partial charge in [0.1, 0.15) is 6.04 Å². The van der Waals surface area contributed by atoms with Gasteiger partial charge < -0.3 is 10.4 Å². The summed E-state index contributed by atoms with van der Waals surface area (Å²) < 4.78 is 0. The standard InChI is InChI=1S/C13H23NO3S/c1-18-9-8-11(13(16)17)14-12(15)7-6-10-4-2-3-5-10/h10-11H,2-9H2,1H3,(H,14,15)(H,16,17)/t11-/m0/s1. The third-order valence-electron chi connectivity index (χ3n) is 3.50. The molecule has 0 aromatic rings. The number of carbonyl (C=O) groups excluding carboxylic acids is 1. The SMILES string of the molecule is CSCC[C@H](NC(=O)CCC1CCCC1)C(=O)O. The van der Waals surface area contributed by atoms with Crippen molar-refractivity contribution in [2.24, 2.45) is 5.92 Å². The minimum Gasteiger partial charge on any atom is -0.480 e. The Morgan fingerprint density at radius 2 is 2.06 bits per heavy atom. The van der Waals surface area contributed by atoms with E-state index in [0.29, 0.717) is 18.8 Å². The highest BCUT2D eigenvalue weighted by Crippen LogP contribution is 2.28. The highest BCUT2D eigenvalue weighted by Gasteiger charge is 2.21. The van der Waals surface area contributed by atoms with E-state index in [-0.39, 0.29) is 5.91 Å².